The fraction of sp³-hybridized carbons (Fsp3) is 0.462. The van der Waals surface area contributed by atoms with Gasteiger partial charge in [0, 0.05) is 17.7 Å². The van der Waals surface area contributed by atoms with Gasteiger partial charge in [0.1, 0.15) is 0 Å². The molecule has 2 aliphatic heterocycles. The largest absolute Gasteiger partial charge is 0.369 e. The van der Waals surface area contributed by atoms with Crippen LogP contribution in [0.15, 0.2) is 24.3 Å². The van der Waals surface area contributed by atoms with Crippen LogP contribution in [0, 0.1) is 5.92 Å². The molecule has 4 heteroatoms. The van der Waals surface area contributed by atoms with Crippen molar-refractivity contribution in [1.82, 2.24) is 10.2 Å². The number of hydrogen-bond acceptors (Lipinski definition) is 3. The molecule has 1 saturated heterocycles. The Kier molecular flexibility index (Phi) is 2.61. The zero-order valence-electron chi connectivity index (χ0n) is 9.60. The Bertz CT molecular complexity index is 441. The van der Waals surface area contributed by atoms with Crippen LogP contribution in [0.5, 0.6) is 0 Å². The second-order valence-corrected chi connectivity index (χ2v) is 4.78. The molecule has 0 aliphatic carbocycles. The van der Waals surface area contributed by atoms with Gasteiger partial charge >= 0.3 is 0 Å². The van der Waals surface area contributed by atoms with Crippen LogP contribution in [-0.4, -0.2) is 35.5 Å². The first-order valence-corrected chi connectivity index (χ1v) is 6.06. The summed E-state index contributed by atoms with van der Waals surface area (Å²) >= 11 is 0. The second-order valence-electron chi connectivity index (χ2n) is 4.78. The van der Waals surface area contributed by atoms with Crippen molar-refractivity contribution < 1.29 is 9.90 Å². The van der Waals surface area contributed by atoms with Gasteiger partial charge in [-0.15, -0.1) is 0 Å². The SMILES string of the molecule is O=C1c2ccccc2C(O)N1CC1CCNC1. The van der Waals surface area contributed by atoms with E-state index in [4.69, 9.17) is 0 Å². The number of hydrogen-bond donors (Lipinski definition) is 2. The normalized spacial score (nSPS) is 27.6. The zero-order valence-corrected chi connectivity index (χ0v) is 9.60. The van der Waals surface area contributed by atoms with Crippen LogP contribution in [0.3, 0.4) is 0 Å². The van der Waals surface area contributed by atoms with E-state index < -0.39 is 6.23 Å². The van der Waals surface area contributed by atoms with E-state index in [-0.39, 0.29) is 5.91 Å². The van der Waals surface area contributed by atoms with Crippen LogP contribution in [0.4, 0.5) is 0 Å². The number of fused-ring (bicyclic) bond motifs is 1. The number of rotatable bonds is 2. The van der Waals surface area contributed by atoms with Crippen LogP contribution in [0.1, 0.15) is 28.6 Å². The number of amides is 1. The Hall–Kier alpha value is -1.39. The third kappa shape index (κ3) is 1.73. The first kappa shape index (κ1) is 10.7. The van der Waals surface area contributed by atoms with Gasteiger partial charge in [0.15, 0.2) is 6.23 Å². The van der Waals surface area contributed by atoms with E-state index in [1.54, 1.807) is 11.0 Å². The molecule has 2 aliphatic rings. The fourth-order valence-corrected chi connectivity index (χ4v) is 2.68. The molecule has 1 aromatic rings. The van der Waals surface area contributed by atoms with Gasteiger partial charge < -0.3 is 15.3 Å². The number of benzene rings is 1. The zero-order chi connectivity index (χ0) is 11.8. The minimum absolute atomic E-state index is 0.0417. The summed E-state index contributed by atoms with van der Waals surface area (Å²) in [5.41, 5.74) is 1.38. The van der Waals surface area contributed by atoms with Crippen molar-refractivity contribution in [2.45, 2.75) is 12.6 Å². The highest BCUT2D eigenvalue weighted by Crippen LogP contribution is 2.32. The third-order valence-electron chi connectivity index (χ3n) is 3.64. The lowest BCUT2D eigenvalue weighted by atomic mass is 10.1. The predicted octanol–water partition coefficient (Wildman–Crippen LogP) is 0.743. The van der Waals surface area contributed by atoms with Crippen LogP contribution >= 0.6 is 0 Å². The Morgan fingerprint density at radius 3 is 2.94 bits per heavy atom. The Balaban J connectivity index is 1.82. The Labute approximate surface area is 100 Å². The monoisotopic (exact) mass is 232 g/mol. The first-order valence-electron chi connectivity index (χ1n) is 6.06. The average Bonchev–Trinajstić information content (AvgIpc) is 2.94. The van der Waals surface area contributed by atoms with Crippen molar-refractivity contribution in [3.63, 3.8) is 0 Å². The lowest BCUT2D eigenvalue weighted by molar-refractivity contribution is 0.0118. The number of aliphatic hydroxyl groups is 1. The fourth-order valence-electron chi connectivity index (χ4n) is 2.68. The topological polar surface area (TPSA) is 52.6 Å². The first-order chi connectivity index (χ1) is 8.27. The number of nitrogens with zero attached hydrogens (tertiary/aromatic N) is 1. The van der Waals surface area contributed by atoms with E-state index in [9.17, 15) is 9.90 Å². The molecule has 2 atom stereocenters. The summed E-state index contributed by atoms with van der Waals surface area (Å²) < 4.78 is 0. The van der Waals surface area contributed by atoms with Crippen molar-refractivity contribution in [2.24, 2.45) is 5.92 Å². The number of carbonyl (C=O) groups is 1. The highest BCUT2D eigenvalue weighted by atomic mass is 16.3. The van der Waals surface area contributed by atoms with Crippen molar-refractivity contribution in [3.8, 4) is 0 Å². The molecule has 1 fully saturated rings. The number of aliphatic hydroxyl groups excluding tert-OH is 1. The van der Waals surface area contributed by atoms with Crippen LogP contribution in [-0.2, 0) is 0 Å². The molecule has 3 rings (SSSR count). The third-order valence-corrected chi connectivity index (χ3v) is 3.64. The molecule has 0 aromatic heterocycles. The summed E-state index contributed by atoms with van der Waals surface area (Å²) in [7, 11) is 0. The maximum absolute atomic E-state index is 12.1. The smallest absolute Gasteiger partial charge is 0.256 e. The summed E-state index contributed by atoms with van der Waals surface area (Å²) in [5, 5.41) is 13.4. The minimum atomic E-state index is -0.765. The van der Waals surface area contributed by atoms with E-state index in [1.807, 2.05) is 18.2 Å². The molecular formula is C13H16N2O2. The van der Waals surface area contributed by atoms with Gasteiger partial charge in [0.25, 0.3) is 5.91 Å². The van der Waals surface area contributed by atoms with E-state index in [0.29, 0.717) is 18.0 Å². The van der Waals surface area contributed by atoms with Gasteiger partial charge in [-0.25, -0.2) is 0 Å². The molecule has 0 spiro atoms. The molecule has 0 bridgehead atoms. The molecule has 4 nitrogen and oxygen atoms in total. The molecule has 1 aromatic carbocycles. The van der Waals surface area contributed by atoms with Crippen molar-refractivity contribution in [3.05, 3.63) is 35.4 Å². The Morgan fingerprint density at radius 1 is 1.41 bits per heavy atom. The summed E-state index contributed by atoms with van der Waals surface area (Å²) in [5.74, 6) is 0.419. The number of carbonyl (C=O) groups excluding carboxylic acids is 1. The molecule has 0 radical (unpaired) electrons. The highest BCUT2D eigenvalue weighted by molar-refractivity contribution is 5.98. The van der Waals surface area contributed by atoms with Gasteiger partial charge in [-0.2, -0.15) is 0 Å². The van der Waals surface area contributed by atoms with E-state index in [0.717, 1.165) is 25.1 Å². The predicted molar refractivity (Wildman–Crippen MR) is 63.4 cm³/mol. The molecule has 0 saturated carbocycles. The van der Waals surface area contributed by atoms with Crippen LogP contribution in [0.2, 0.25) is 0 Å². The van der Waals surface area contributed by atoms with E-state index in [1.165, 1.54) is 0 Å². The molecule has 1 amide bonds. The molecule has 2 heterocycles. The minimum Gasteiger partial charge on any atom is -0.369 e. The maximum Gasteiger partial charge on any atom is 0.256 e. The molecule has 2 N–H and O–H groups in total. The standard InChI is InChI=1S/C13H16N2O2/c16-12-10-3-1-2-4-11(10)13(17)15(12)8-9-5-6-14-7-9/h1-4,9,12,14,16H,5-8H2. The summed E-state index contributed by atoms with van der Waals surface area (Å²) in [6, 6.07) is 7.30. The lowest BCUT2D eigenvalue weighted by Gasteiger charge is -2.23. The van der Waals surface area contributed by atoms with Gasteiger partial charge in [0.2, 0.25) is 0 Å². The quantitative estimate of drug-likeness (QED) is 0.791. The number of nitrogens with one attached hydrogen (secondary N) is 1. The summed E-state index contributed by atoms with van der Waals surface area (Å²) in [4.78, 5) is 13.7. The van der Waals surface area contributed by atoms with Crippen LogP contribution in [0.25, 0.3) is 0 Å². The van der Waals surface area contributed by atoms with Gasteiger partial charge in [-0.1, -0.05) is 18.2 Å². The van der Waals surface area contributed by atoms with Crippen molar-refractivity contribution in [2.75, 3.05) is 19.6 Å². The lowest BCUT2D eigenvalue weighted by Crippen LogP contribution is -2.33. The highest BCUT2D eigenvalue weighted by Gasteiger charge is 2.36. The van der Waals surface area contributed by atoms with Crippen molar-refractivity contribution >= 4 is 5.91 Å². The van der Waals surface area contributed by atoms with Crippen molar-refractivity contribution in [1.29, 1.82) is 0 Å². The van der Waals surface area contributed by atoms with Gasteiger partial charge in [0.05, 0.1) is 0 Å². The maximum atomic E-state index is 12.1. The average molecular weight is 232 g/mol. The van der Waals surface area contributed by atoms with Crippen LogP contribution < -0.4 is 5.32 Å². The van der Waals surface area contributed by atoms with Gasteiger partial charge in [-0.3, -0.25) is 4.79 Å². The second kappa shape index (κ2) is 4.13. The summed E-state index contributed by atoms with van der Waals surface area (Å²) in [6.07, 6.45) is 0.312. The van der Waals surface area contributed by atoms with E-state index in [2.05, 4.69) is 5.32 Å². The molecule has 17 heavy (non-hydrogen) atoms. The van der Waals surface area contributed by atoms with Gasteiger partial charge in [-0.05, 0) is 31.5 Å². The summed E-state index contributed by atoms with van der Waals surface area (Å²) in [6.45, 7) is 2.59. The molecular weight excluding hydrogens is 216 g/mol. The Morgan fingerprint density at radius 2 is 2.24 bits per heavy atom. The molecule has 90 valence electrons. The molecule has 2 unspecified atom stereocenters. The van der Waals surface area contributed by atoms with E-state index >= 15 is 0 Å².